The Bertz CT molecular complexity index is 117. The quantitative estimate of drug-likeness (QED) is 0.441. The van der Waals surface area contributed by atoms with Crippen LogP contribution in [-0.4, -0.2) is 23.2 Å². The molecule has 0 aliphatic rings. The summed E-state index contributed by atoms with van der Waals surface area (Å²) >= 11 is 6.57. The predicted molar refractivity (Wildman–Crippen MR) is 52.4 cm³/mol. The van der Waals surface area contributed by atoms with Gasteiger partial charge in [-0.3, -0.25) is 4.79 Å². The van der Waals surface area contributed by atoms with Crippen molar-refractivity contribution < 1.29 is 9.53 Å². The van der Waals surface area contributed by atoms with E-state index in [2.05, 4.69) is 36.6 Å². The van der Waals surface area contributed by atoms with Crippen LogP contribution < -0.4 is 0 Å². The fraction of sp³-hybridized carbons (Fsp3) is 0.857. The van der Waals surface area contributed by atoms with E-state index in [-0.39, 0.29) is 10.8 Å². The lowest BCUT2D eigenvalue weighted by molar-refractivity contribution is -0.139. The van der Waals surface area contributed by atoms with Gasteiger partial charge in [0, 0.05) is 5.33 Å². The van der Waals surface area contributed by atoms with E-state index in [1.807, 2.05) is 0 Å². The number of ether oxygens (including phenoxy) is 1. The SMILES string of the molecule is COC(=O)[C@@H](Br)CCCCBr. The second-order valence-corrected chi connectivity index (χ2v) is 4.07. The summed E-state index contributed by atoms with van der Waals surface area (Å²) in [6.07, 6.45) is 2.98. The zero-order valence-electron chi connectivity index (χ0n) is 6.48. The van der Waals surface area contributed by atoms with Crippen molar-refractivity contribution in [3.05, 3.63) is 0 Å². The molecule has 0 bridgehead atoms. The molecule has 2 nitrogen and oxygen atoms in total. The van der Waals surface area contributed by atoms with Gasteiger partial charge in [-0.2, -0.15) is 0 Å². The molecule has 0 aromatic rings. The van der Waals surface area contributed by atoms with Crippen LogP contribution in [0.4, 0.5) is 0 Å². The summed E-state index contributed by atoms with van der Waals surface area (Å²) in [5.41, 5.74) is 0. The maximum Gasteiger partial charge on any atom is 0.319 e. The lowest BCUT2D eigenvalue weighted by Gasteiger charge is -2.05. The van der Waals surface area contributed by atoms with Gasteiger partial charge in [-0.1, -0.05) is 38.3 Å². The number of alkyl halides is 2. The van der Waals surface area contributed by atoms with E-state index in [0.717, 1.165) is 24.6 Å². The first-order chi connectivity index (χ1) is 5.22. The van der Waals surface area contributed by atoms with Crippen molar-refractivity contribution in [1.29, 1.82) is 0 Å². The number of rotatable bonds is 5. The molecule has 0 aromatic heterocycles. The second-order valence-electron chi connectivity index (χ2n) is 2.18. The van der Waals surface area contributed by atoms with Gasteiger partial charge in [0.2, 0.25) is 0 Å². The Morgan fingerprint density at radius 3 is 2.64 bits per heavy atom. The molecule has 4 heteroatoms. The van der Waals surface area contributed by atoms with Gasteiger partial charge in [0.25, 0.3) is 0 Å². The van der Waals surface area contributed by atoms with E-state index in [1.54, 1.807) is 0 Å². The summed E-state index contributed by atoms with van der Waals surface area (Å²) in [5, 5.41) is 0.994. The van der Waals surface area contributed by atoms with Crippen molar-refractivity contribution in [3.63, 3.8) is 0 Å². The number of unbranched alkanes of at least 4 members (excludes halogenated alkanes) is 1. The Kier molecular flexibility index (Phi) is 7.38. The molecule has 0 radical (unpaired) electrons. The Hall–Kier alpha value is 0.430. The van der Waals surface area contributed by atoms with Gasteiger partial charge in [0.1, 0.15) is 4.83 Å². The van der Waals surface area contributed by atoms with Gasteiger partial charge in [0.05, 0.1) is 7.11 Å². The molecule has 0 saturated carbocycles. The molecular weight excluding hydrogens is 276 g/mol. The number of carbonyl (C=O) groups is 1. The predicted octanol–water partition coefficient (Wildman–Crippen LogP) is 2.49. The maximum absolute atomic E-state index is 10.8. The first-order valence-electron chi connectivity index (χ1n) is 3.50. The minimum Gasteiger partial charge on any atom is -0.468 e. The van der Waals surface area contributed by atoms with E-state index < -0.39 is 0 Å². The monoisotopic (exact) mass is 286 g/mol. The van der Waals surface area contributed by atoms with E-state index in [0.29, 0.717) is 0 Å². The maximum atomic E-state index is 10.8. The zero-order valence-corrected chi connectivity index (χ0v) is 9.65. The molecule has 0 saturated heterocycles. The molecule has 0 amide bonds. The van der Waals surface area contributed by atoms with E-state index in [4.69, 9.17) is 0 Å². The lowest BCUT2D eigenvalue weighted by Crippen LogP contribution is -2.15. The fourth-order valence-corrected chi connectivity index (χ4v) is 1.57. The van der Waals surface area contributed by atoms with Crippen LogP contribution in [0, 0.1) is 0 Å². The van der Waals surface area contributed by atoms with Crippen molar-refractivity contribution in [1.82, 2.24) is 0 Å². The van der Waals surface area contributed by atoms with Crippen molar-refractivity contribution in [3.8, 4) is 0 Å². The molecule has 0 aliphatic carbocycles. The van der Waals surface area contributed by atoms with Gasteiger partial charge in [-0.05, 0) is 12.8 Å². The topological polar surface area (TPSA) is 26.3 Å². The number of halogens is 2. The van der Waals surface area contributed by atoms with Crippen LogP contribution in [0.1, 0.15) is 19.3 Å². The molecule has 0 unspecified atom stereocenters. The van der Waals surface area contributed by atoms with E-state index in [9.17, 15) is 4.79 Å². The van der Waals surface area contributed by atoms with Crippen LogP contribution in [0.15, 0.2) is 0 Å². The minimum atomic E-state index is -0.181. The van der Waals surface area contributed by atoms with Crippen LogP contribution >= 0.6 is 31.9 Å². The largest absolute Gasteiger partial charge is 0.468 e. The fourth-order valence-electron chi connectivity index (χ4n) is 0.664. The highest BCUT2D eigenvalue weighted by Crippen LogP contribution is 2.11. The highest BCUT2D eigenvalue weighted by atomic mass is 79.9. The van der Waals surface area contributed by atoms with Gasteiger partial charge in [0.15, 0.2) is 0 Å². The number of hydrogen-bond donors (Lipinski definition) is 0. The smallest absolute Gasteiger partial charge is 0.319 e. The summed E-state index contributed by atoms with van der Waals surface area (Å²) in [7, 11) is 1.40. The number of hydrogen-bond acceptors (Lipinski definition) is 2. The summed E-state index contributed by atoms with van der Waals surface area (Å²) in [5.74, 6) is -0.181. The lowest BCUT2D eigenvalue weighted by atomic mass is 10.2. The molecule has 0 fully saturated rings. The van der Waals surface area contributed by atoms with Gasteiger partial charge >= 0.3 is 5.97 Å². The average molecular weight is 288 g/mol. The molecular formula is C7H12Br2O2. The molecule has 0 rings (SSSR count). The standard InChI is InChI=1S/C7H12Br2O2/c1-11-7(10)6(9)4-2-3-5-8/h6H,2-5H2,1H3/t6-/m0/s1. The Morgan fingerprint density at radius 2 is 2.18 bits per heavy atom. The van der Waals surface area contributed by atoms with Crippen molar-refractivity contribution in [2.24, 2.45) is 0 Å². The average Bonchev–Trinajstić information content (AvgIpc) is 2.03. The molecule has 66 valence electrons. The number of carbonyl (C=O) groups excluding carboxylic acids is 1. The van der Waals surface area contributed by atoms with E-state index in [1.165, 1.54) is 7.11 Å². The van der Waals surface area contributed by atoms with Crippen LogP contribution in [0.5, 0.6) is 0 Å². The van der Waals surface area contributed by atoms with Crippen LogP contribution in [0.25, 0.3) is 0 Å². The van der Waals surface area contributed by atoms with Gasteiger partial charge in [-0.15, -0.1) is 0 Å². The second kappa shape index (κ2) is 7.10. The zero-order chi connectivity index (χ0) is 8.69. The van der Waals surface area contributed by atoms with E-state index >= 15 is 0 Å². The van der Waals surface area contributed by atoms with Crippen molar-refractivity contribution in [2.45, 2.75) is 24.1 Å². The van der Waals surface area contributed by atoms with Crippen LogP contribution in [-0.2, 0) is 9.53 Å². The molecule has 0 N–H and O–H groups in total. The highest BCUT2D eigenvalue weighted by molar-refractivity contribution is 9.10. The first kappa shape index (κ1) is 11.4. The molecule has 1 atom stereocenters. The number of methoxy groups -OCH3 is 1. The summed E-state index contributed by atoms with van der Waals surface area (Å²) in [4.78, 5) is 10.7. The number of esters is 1. The third-order valence-electron chi connectivity index (χ3n) is 1.30. The molecule has 0 aromatic carbocycles. The first-order valence-corrected chi connectivity index (χ1v) is 5.54. The van der Waals surface area contributed by atoms with Crippen LogP contribution in [0.3, 0.4) is 0 Å². The minimum absolute atomic E-state index is 0.133. The Morgan fingerprint density at radius 1 is 1.55 bits per heavy atom. The Labute approximate surface area is 83.9 Å². The molecule has 0 heterocycles. The highest BCUT2D eigenvalue weighted by Gasteiger charge is 2.13. The normalized spacial score (nSPS) is 12.6. The summed E-state index contributed by atoms with van der Waals surface area (Å²) in [6, 6.07) is 0. The van der Waals surface area contributed by atoms with Crippen molar-refractivity contribution >= 4 is 37.8 Å². The van der Waals surface area contributed by atoms with Gasteiger partial charge in [-0.25, -0.2) is 0 Å². The summed E-state index contributed by atoms with van der Waals surface area (Å²) in [6.45, 7) is 0. The molecule has 0 spiro atoms. The third kappa shape index (κ3) is 5.67. The van der Waals surface area contributed by atoms with Gasteiger partial charge < -0.3 is 4.74 Å². The Balaban J connectivity index is 3.36. The molecule has 0 aliphatic heterocycles. The summed E-state index contributed by atoms with van der Waals surface area (Å²) < 4.78 is 4.55. The third-order valence-corrected chi connectivity index (χ3v) is 2.69. The van der Waals surface area contributed by atoms with Crippen molar-refractivity contribution in [2.75, 3.05) is 12.4 Å². The van der Waals surface area contributed by atoms with Crippen LogP contribution in [0.2, 0.25) is 0 Å². The molecule has 11 heavy (non-hydrogen) atoms.